The third-order valence-electron chi connectivity index (χ3n) is 4.09. The summed E-state index contributed by atoms with van der Waals surface area (Å²) in [4.78, 5) is 14.4. The molecule has 0 aromatic heterocycles. The molecule has 3 rings (SSSR count). The van der Waals surface area contributed by atoms with Crippen LogP contribution < -0.4 is 10.2 Å². The van der Waals surface area contributed by atoms with Gasteiger partial charge in [-0.05, 0) is 36.2 Å². The monoisotopic (exact) mass is 328 g/mol. The van der Waals surface area contributed by atoms with Gasteiger partial charge in [0.2, 0.25) is 5.91 Å². The standard InChI is InChI=1S/C19H21FN2O2/c20-18-7-2-1-4-15(18)8-9-19(23)21-16-5-3-6-17(14-16)22-10-12-24-13-11-22/h1-7,14H,8-13H2,(H,21,23). The van der Waals surface area contributed by atoms with Crippen molar-refractivity contribution < 1.29 is 13.9 Å². The summed E-state index contributed by atoms with van der Waals surface area (Å²) in [6.45, 7) is 3.15. The van der Waals surface area contributed by atoms with Gasteiger partial charge in [0.25, 0.3) is 0 Å². The van der Waals surface area contributed by atoms with Crippen molar-refractivity contribution >= 4 is 17.3 Å². The molecule has 1 aliphatic rings. The zero-order valence-corrected chi connectivity index (χ0v) is 13.5. The Morgan fingerprint density at radius 3 is 2.71 bits per heavy atom. The van der Waals surface area contributed by atoms with Gasteiger partial charge in [-0.15, -0.1) is 0 Å². The fraction of sp³-hybridized carbons (Fsp3) is 0.316. The summed E-state index contributed by atoms with van der Waals surface area (Å²) < 4.78 is 18.9. The summed E-state index contributed by atoms with van der Waals surface area (Å²) in [6.07, 6.45) is 0.643. The quantitative estimate of drug-likeness (QED) is 0.916. The highest BCUT2D eigenvalue weighted by Crippen LogP contribution is 2.21. The van der Waals surface area contributed by atoms with Gasteiger partial charge in [0.15, 0.2) is 0 Å². The van der Waals surface area contributed by atoms with Crippen LogP contribution in [-0.2, 0) is 16.0 Å². The number of nitrogens with one attached hydrogen (secondary N) is 1. The summed E-state index contributed by atoms with van der Waals surface area (Å²) in [5.74, 6) is -0.378. The van der Waals surface area contributed by atoms with E-state index >= 15 is 0 Å². The molecule has 0 unspecified atom stereocenters. The molecule has 0 atom stereocenters. The topological polar surface area (TPSA) is 41.6 Å². The highest BCUT2D eigenvalue weighted by atomic mass is 19.1. The van der Waals surface area contributed by atoms with Crippen LogP contribution in [-0.4, -0.2) is 32.2 Å². The third kappa shape index (κ3) is 4.32. The zero-order chi connectivity index (χ0) is 16.8. The number of carbonyl (C=O) groups excluding carboxylic acids is 1. The van der Waals surface area contributed by atoms with Crippen molar-refractivity contribution in [2.45, 2.75) is 12.8 Å². The third-order valence-corrected chi connectivity index (χ3v) is 4.09. The predicted octanol–water partition coefficient (Wildman–Crippen LogP) is 3.23. The number of nitrogens with zero attached hydrogens (tertiary/aromatic N) is 1. The van der Waals surface area contributed by atoms with Crippen LogP contribution in [0.15, 0.2) is 48.5 Å². The van der Waals surface area contributed by atoms with E-state index in [4.69, 9.17) is 4.74 Å². The molecule has 126 valence electrons. The van der Waals surface area contributed by atoms with Gasteiger partial charge in [-0.25, -0.2) is 4.39 Å². The van der Waals surface area contributed by atoms with Crippen molar-refractivity contribution in [1.82, 2.24) is 0 Å². The lowest BCUT2D eigenvalue weighted by Crippen LogP contribution is -2.36. The highest BCUT2D eigenvalue weighted by molar-refractivity contribution is 5.91. The van der Waals surface area contributed by atoms with E-state index < -0.39 is 0 Å². The van der Waals surface area contributed by atoms with Gasteiger partial charge in [0.1, 0.15) is 5.82 Å². The Morgan fingerprint density at radius 2 is 1.92 bits per heavy atom. The summed E-state index contributed by atoms with van der Waals surface area (Å²) in [5.41, 5.74) is 2.40. The number of rotatable bonds is 5. The first kappa shape index (κ1) is 16.5. The molecule has 2 aromatic rings. The van der Waals surface area contributed by atoms with Gasteiger partial charge in [0.05, 0.1) is 13.2 Å². The highest BCUT2D eigenvalue weighted by Gasteiger charge is 2.12. The number of carbonyl (C=O) groups is 1. The molecule has 0 spiro atoms. The molecule has 0 bridgehead atoms. The van der Waals surface area contributed by atoms with E-state index in [0.717, 1.165) is 37.7 Å². The Morgan fingerprint density at radius 1 is 1.12 bits per heavy atom. The predicted molar refractivity (Wildman–Crippen MR) is 92.8 cm³/mol. The molecule has 1 aliphatic heterocycles. The number of benzene rings is 2. The number of hydrogen-bond donors (Lipinski definition) is 1. The first-order chi connectivity index (χ1) is 11.7. The Labute approximate surface area is 141 Å². The van der Waals surface area contributed by atoms with Crippen LogP contribution in [0.5, 0.6) is 0 Å². The summed E-state index contributed by atoms with van der Waals surface area (Å²) in [7, 11) is 0. The summed E-state index contributed by atoms with van der Waals surface area (Å²) >= 11 is 0. The minimum Gasteiger partial charge on any atom is -0.378 e. The lowest BCUT2D eigenvalue weighted by molar-refractivity contribution is -0.116. The maximum Gasteiger partial charge on any atom is 0.224 e. The number of amides is 1. The van der Waals surface area contributed by atoms with Crippen LogP contribution in [0, 0.1) is 5.82 Å². The van der Waals surface area contributed by atoms with E-state index in [1.165, 1.54) is 6.07 Å². The molecule has 1 N–H and O–H groups in total. The fourth-order valence-corrected chi connectivity index (χ4v) is 2.77. The number of aryl methyl sites for hydroxylation is 1. The summed E-state index contributed by atoms with van der Waals surface area (Å²) in [5, 5.41) is 2.89. The van der Waals surface area contributed by atoms with E-state index in [2.05, 4.69) is 10.2 Å². The lowest BCUT2D eigenvalue weighted by Gasteiger charge is -2.29. The van der Waals surface area contributed by atoms with Crippen molar-refractivity contribution in [3.8, 4) is 0 Å². The Balaban J connectivity index is 1.57. The van der Waals surface area contributed by atoms with Crippen molar-refractivity contribution in [2.24, 2.45) is 0 Å². The second kappa shape index (κ2) is 7.93. The molecule has 1 amide bonds. The smallest absolute Gasteiger partial charge is 0.224 e. The van der Waals surface area contributed by atoms with Crippen LogP contribution in [0.4, 0.5) is 15.8 Å². The van der Waals surface area contributed by atoms with Crippen LogP contribution in [0.2, 0.25) is 0 Å². The van der Waals surface area contributed by atoms with Gasteiger partial charge in [-0.3, -0.25) is 4.79 Å². The molecule has 0 saturated carbocycles. The molecule has 2 aromatic carbocycles. The van der Waals surface area contributed by atoms with Gasteiger partial charge in [0, 0.05) is 30.9 Å². The number of morpholine rings is 1. The van der Waals surface area contributed by atoms with Gasteiger partial charge in [-0.2, -0.15) is 0 Å². The fourth-order valence-electron chi connectivity index (χ4n) is 2.77. The molecule has 5 heteroatoms. The average Bonchev–Trinajstić information content (AvgIpc) is 2.62. The summed E-state index contributed by atoms with van der Waals surface area (Å²) in [6, 6.07) is 14.3. The number of hydrogen-bond acceptors (Lipinski definition) is 3. The first-order valence-corrected chi connectivity index (χ1v) is 8.18. The number of halogens is 1. The van der Waals surface area contributed by atoms with Crippen molar-refractivity contribution in [2.75, 3.05) is 36.5 Å². The Bertz CT molecular complexity index is 699. The minimum absolute atomic E-state index is 0.114. The van der Waals surface area contributed by atoms with Crippen LogP contribution in [0.3, 0.4) is 0 Å². The van der Waals surface area contributed by atoms with Gasteiger partial charge in [-0.1, -0.05) is 24.3 Å². The molecule has 24 heavy (non-hydrogen) atoms. The Hall–Kier alpha value is -2.40. The van der Waals surface area contributed by atoms with Crippen LogP contribution in [0.25, 0.3) is 0 Å². The minimum atomic E-state index is -0.264. The Kier molecular flexibility index (Phi) is 5.43. The van der Waals surface area contributed by atoms with E-state index in [9.17, 15) is 9.18 Å². The molecule has 0 aliphatic carbocycles. The SMILES string of the molecule is O=C(CCc1ccccc1F)Nc1cccc(N2CCOCC2)c1. The van der Waals surface area contributed by atoms with E-state index in [1.54, 1.807) is 18.2 Å². The number of ether oxygens (including phenoxy) is 1. The molecule has 1 saturated heterocycles. The van der Waals surface area contributed by atoms with Gasteiger partial charge >= 0.3 is 0 Å². The molecule has 1 fully saturated rings. The number of anilines is 2. The van der Waals surface area contributed by atoms with Crippen LogP contribution in [0.1, 0.15) is 12.0 Å². The largest absolute Gasteiger partial charge is 0.378 e. The zero-order valence-electron chi connectivity index (χ0n) is 13.5. The van der Waals surface area contributed by atoms with E-state index in [-0.39, 0.29) is 18.1 Å². The maximum atomic E-state index is 13.6. The normalized spacial score (nSPS) is 14.5. The van der Waals surface area contributed by atoms with Crippen molar-refractivity contribution in [3.63, 3.8) is 0 Å². The van der Waals surface area contributed by atoms with Crippen molar-refractivity contribution in [1.29, 1.82) is 0 Å². The molecular weight excluding hydrogens is 307 g/mol. The van der Waals surface area contributed by atoms with Crippen LogP contribution >= 0.6 is 0 Å². The lowest BCUT2D eigenvalue weighted by atomic mass is 10.1. The van der Waals surface area contributed by atoms with E-state index in [1.807, 2.05) is 24.3 Å². The molecular formula is C19H21FN2O2. The van der Waals surface area contributed by atoms with Gasteiger partial charge < -0.3 is 15.0 Å². The first-order valence-electron chi connectivity index (χ1n) is 8.18. The molecule has 0 radical (unpaired) electrons. The second-order valence-corrected chi connectivity index (χ2v) is 5.79. The second-order valence-electron chi connectivity index (χ2n) is 5.79. The van der Waals surface area contributed by atoms with E-state index in [0.29, 0.717) is 12.0 Å². The average molecular weight is 328 g/mol. The maximum absolute atomic E-state index is 13.6. The molecule has 1 heterocycles. The van der Waals surface area contributed by atoms with Crippen molar-refractivity contribution in [3.05, 3.63) is 59.9 Å². The molecule has 4 nitrogen and oxygen atoms in total.